The van der Waals surface area contributed by atoms with Gasteiger partial charge in [0.05, 0.1) is 10.7 Å². The maximum Gasteiger partial charge on any atom is 0.0728 e. The molecule has 88 valence electrons. The van der Waals surface area contributed by atoms with Crippen molar-refractivity contribution in [2.24, 2.45) is 4.99 Å². The quantitative estimate of drug-likeness (QED) is 0.809. The molecule has 1 N–H and O–H groups in total. The van der Waals surface area contributed by atoms with E-state index < -0.39 is 0 Å². The summed E-state index contributed by atoms with van der Waals surface area (Å²) < 4.78 is 0. The van der Waals surface area contributed by atoms with Crippen molar-refractivity contribution in [3.05, 3.63) is 27.2 Å². The van der Waals surface area contributed by atoms with Crippen LogP contribution >= 0.6 is 23.2 Å². The van der Waals surface area contributed by atoms with Crippen molar-refractivity contribution in [1.29, 1.82) is 0 Å². The molecule has 0 aliphatic rings. The van der Waals surface area contributed by atoms with Crippen LogP contribution in [0.15, 0.2) is 11.1 Å². The van der Waals surface area contributed by atoms with Crippen LogP contribution in [0.1, 0.15) is 25.0 Å². The van der Waals surface area contributed by atoms with Gasteiger partial charge in [-0.25, -0.2) is 0 Å². The number of rotatable bonds is 3. The summed E-state index contributed by atoms with van der Waals surface area (Å²) in [7, 11) is 1.71. The molecule has 4 heteroatoms. The third kappa shape index (κ3) is 2.89. The fourth-order valence-electron chi connectivity index (χ4n) is 1.44. The van der Waals surface area contributed by atoms with Crippen molar-refractivity contribution in [2.75, 3.05) is 12.4 Å². The Labute approximate surface area is 107 Å². The molecule has 0 spiro atoms. The fourth-order valence-corrected chi connectivity index (χ4v) is 1.95. The largest absolute Gasteiger partial charge is 0.382 e. The predicted molar refractivity (Wildman–Crippen MR) is 73.5 cm³/mol. The summed E-state index contributed by atoms with van der Waals surface area (Å²) in [5.74, 6) is 0. The summed E-state index contributed by atoms with van der Waals surface area (Å²) >= 11 is 12.4. The van der Waals surface area contributed by atoms with Crippen molar-refractivity contribution in [3.63, 3.8) is 0 Å². The number of hydrogen-bond acceptors (Lipinski definition) is 2. The topological polar surface area (TPSA) is 24.4 Å². The first-order valence-corrected chi connectivity index (χ1v) is 5.90. The molecule has 0 saturated heterocycles. The van der Waals surface area contributed by atoms with Crippen LogP contribution in [-0.4, -0.2) is 19.3 Å². The highest BCUT2D eigenvalue weighted by Crippen LogP contribution is 2.33. The molecule has 0 aliphatic heterocycles. The molecule has 0 aromatic heterocycles. The predicted octanol–water partition coefficient (Wildman–Crippen LogP) is 4.17. The monoisotopic (exact) mass is 258 g/mol. The number of hydrogen-bond donors (Lipinski definition) is 1. The lowest BCUT2D eigenvalue weighted by Crippen LogP contribution is -2.11. The lowest BCUT2D eigenvalue weighted by molar-refractivity contribution is 0.899. The molecule has 0 aliphatic carbocycles. The summed E-state index contributed by atoms with van der Waals surface area (Å²) in [6, 6.07) is 2.16. The molecule has 1 rings (SSSR count). The van der Waals surface area contributed by atoms with Gasteiger partial charge in [0, 0.05) is 29.9 Å². The van der Waals surface area contributed by atoms with Gasteiger partial charge in [0.25, 0.3) is 0 Å². The number of anilines is 1. The molecule has 1 aromatic carbocycles. The van der Waals surface area contributed by atoms with Gasteiger partial charge in [-0.15, -0.1) is 0 Å². The Morgan fingerprint density at radius 2 is 2.00 bits per heavy atom. The highest BCUT2D eigenvalue weighted by atomic mass is 35.5. The van der Waals surface area contributed by atoms with Gasteiger partial charge in [0.15, 0.2) is 0 Å². The van der Waals surface area contributed by atoms with Gasteiger partial charge < -0.3 is 5.32 Å². The molecule has 0 radical (unpaired) electrons. The minimum absolute atomic E-state index is 0.308. The Bertz CT molecular complexity index is 412. The highest BCUT2D eigenvalue weighted by molar-refractivity contribution is 6.38. The molecular formula is C12H16Cl2N2. The van der Waals surface area contributed by atoms with Crippen LogP contribution < -0.4 is 5.32 Å². The molecule has 0 atom stereocenters. The highest BCUT2D eigenvalue weighted by Gasteiger charge is 2.12. The van der Waals surface area contributed by atoms with E-state index >= 15 is 0 Å². The Morgan fingerprint density at radius 1 is 1.38 bits per heavy atom. The Kier molecular flexibility index (Phi) is 4.63. The van der Waals surface area contributed by atoms with E-state index in [9.17, 15) is 0 Å². The Balaban J connectivity index is 3.32. The maximum atomic E-state index is 6.30. The van der Waals surface area contributed by atoms with E-state index in [4.69, 9.17) is 23.2 Å². The van der Waals surface area contributed by atoms with Crippen molar-refractivity contribution in [1.82, 2.24) is 0 Å². The van der Waals surface area contributed by atoms with Crippen LogP contribution in [0.2, 0.25) is 10.0 Å². The summed E-state index contributed by atoms with van der Waals surface area (Å²) in [6.07, 6.45) is 1.73. The molecule has 0 heterocycles. The summed E-state index contributed by atoms with van der Waals surface area (Å²) in [4.78, 5) is 3.99. The smallest absolute Gasteiger partial charge is 0.0728 e. The maximum absolute atomic E-state index is 6.30. The van der Waals surface area contributed by atoms with Crippen LogP contribution in [0.4, 0.5) is 5.69 Å². The zero-order valence-corrected chi connectivity index (χ0v) is 11.4. The second-order valence-corrected chi connectivity index (χ2v) is 4.73. The number of nitrogens with zero attached hydrogens (tertiary/aromatic N) is 1. The second kappa shape index (κ2) is 5.55. The number of benzene rings is 1. The Hall–Kier alpha value is -0.730. The molecule has 1 aromatic rings. The fraction of sp³-hybridized carbons (Fsp3) is 0.417. The first kappa shape index (κ1) is 13.3. The van der Waals surface area contributed by atoms with Crippen LogP contribution in [0.3, 0.4) is 0 Å². The van der Waals surface area contributed by atoms with E-state index in [1.807, 2.05) is 13.0 Å². The van der Waals surface area contributed by atoms with E-state index in [1.165, 1.54) is 0 Å². The molecule has 2 nitrogen and oxygen atoms in total. The van der Waals surface area contributed by atoms with Gasteiger partial charge in [-0.1, -0.05) is 23.2 Å². The van der Waals surface area contributed by atoms with E-state index in [-0.39, 0.29) is 0 Å². The van der Waals surface area contributed by atoms with Crippen LogP contribution in [0.5, 0.6) is 0 Å². The van der Waals surface area contributed by atoms with E-state index in [1.54, 1.807) is 13.3 Å². The summed E-state index contributed by atoms with van der Waals surface area (Å²) in [5.41, 5.74) is 2.67. The average molecular weight is 259 g/mol. The third-order valence-electron chi connectivity index (χ3n) is 2.21. The number of nitrogens with one attached hydrogen (secondary N) is 1. The van der Waals surface area contributed by atoms with Gasteiger partial charge in [-0.05, 0) is 32.4 Å². The molecule has 0 unspecified atom stereocenters. The average Bonchev–Trinajstić information content (AvgIpc) is 2.20. The minimum Gasteiger partial charge on any atom is -0.382 e. The van der Waals surface area contributed by atoms with E-state index in [2.05, 4.69) is 24.2 Å². The van der Waals surface area contributed by atoms with Crippen LogP contribution in [0, 0.1) is 6.92 Å². The second-order valence-electron chi connectivity index (χ2n) is 3.94. The molecule has 16 heavy (non-hydrogen) atoms. The van der Waals surface area contributed by atoms with Crippen molar-refractivity contribution in [2.45, 2.75) is 26.8 Å². The van der Waals surface area contributed by atoms with Crippen molar-refractivity contribution >= 4 is 35.1 Å². The van der Waals surface area contributed by atoms with Crippen LogP contribution in [-0.2, 0) is 0 Å². The van der Waals surface area contributed by atoms with Gasteiger partial charge in [-0.3, -0.25) is 4.99 Å². The van der Waals surface area contributed by atoms with Crippen molar-refractivity contribution in [3.8, 4) is 0 Å². The first-order chi connectivity index (χ1) is 7.47. The van der Waals surface area contributed by atoms with Crippen molar-refractivity contribution < 1.29 is 0 Å². The van der Waals surface area contributed by atoms with Gasteiger partial charge in [0.1, 0.15) is 0 Å². The summed E-state index contributed by atoms with van der Waals surface area (Å²) in [6.45, 7) is 6.04. The normalized spacial score (nSPS) is 11.4. The lowest BCUT2D eigenvalue weighted by atomic mass is 10.1. The molecule has 0 saturated carbocycles. The van der Waals surface area contributed by atoms with Gasteiger partial charge in [0.2, 0.25) is 0 Å². The molecule has 0 bridgehead atoms. The Morgan fingerprint density at radius 3 is 2.50 bits per heavy atom. The third-order valence-corrected chi connectivity index (χ3v) is 3.01. The van der Waals surface area contributed by atoms with E-state index in [0.717, 1.165) is 16.8 Å². The standard InChI is InChI=1S/C12H16Cl2N2/c1-7(2)16-11-5-10(13)8(3)9(6-15-4)12(11)14/h5-7,16H,1-4H3/b15-6-. The zero-order valence-electron chi connectivity index (χ0n) is 9.94. The number of halogens is 2. The van der Waals surface area contributed by atoms with E-state index in [0.29, 0.717) is 16.1 Å². The SMILES string of the molecule is C/N=C\c1c(C)c(Cl)cc(NC(C)C)c1Cl. The van der Waals surface area contributed by atoms with Crippen LogP contribution in [0.25, 0.3) is 0 Å². The lowest BCUT2D eigenvalue weighted by Gasteiger charge is -2.15. The first-order valence-electron chi connectivity index (χ1n) is 5.14. The molecule has 0 amide bonds. The van der Waals surface area contributed by atoms with Gasteiger partial charge >= 0.3 is 0 Å². The summed E-state index contributed by atoms with van der Waals surface area (Å²) in [5, 5.41) is 4.63. The number of aliphatic imine (C=N–C) groups is 1. The van der Waals surface area contributed by atoms with Gasteiger partial charge in [-0.2, -0.15) is 0 Å². The zero-order chi connectivity index (χ0) is 12.3. The molecule has 0 fully saturated rings. The minimum atomic E-state index is 0.308. The molecular weight excluding hydrogens is 243 g/mol.